The van der Waals surface area contributed by atoms with Crippen LogP contribution in [0.2, 0.25) is 0 Å². The van der Waals surface area contributed by atoms with Crippen LogP contribution < -0.4 is 0 Å². The second-order valence-electron chi connectivity index (χ2n) is 2.02. The van der Waals surface area contributed by atoms with E-state index in [4.69, 9.17) is 5.11 Å². The molecule has 1 N–H and O–H groups in total. The van der Waals surface area contributed by atoms with Gasteiger partial charge in [0.15, 0.2) is 0 Å². The van der Waals surface area contributed by atoms with Gasteiger partial charge in [-0.3, -0.25) is 0 Å². The molecule has 0 amide bonds. The topological polar surface area (TPSA) is 46.5 Å². The smallest absolute Gasteiger partial charge is 0.406 e. The second-order valence-corrected chi connectivity index (χ2v) is 2.02. The van der Waals surface area contributed by atoms with Gasteiger partial charge in [0.2, 0.25) is 0 Å². The molecule has 12 heavy (non-hydrogen) atoms. The summed E-state index contributed by atoms with van der Waals surface area (Å²) in [6.07, 6.45) is 0. The lowest BCUT2D eigenvalue weighted by Gasteiger charge is -2.21. The van der Waals surface area contributed by atoms with Crippen molar-refractivity contribution in [2.75, 3.05) is 13.7 Å². The maximum absolute atomic E-state index is 12.2. The Bertz CT molecular complexity index is 180. The van der Waals surface area contributed by atoms with Crippen molar-refractivity contribution in [1.29, 1.82) is 0 Å². The molecule has 72 valence electrons. The molecule has 0 saturated heterocycles. The first kappa shape index (κ1) is 11.2. The van der Waals surface area contributed by atoms with Crippen LogP contribution in [0.5, 0.6) is 0 Å². The SMILES string of the molecule is COCC(F)(F)C(F)(F)C(=O)O. The highest BCUT2D eigenvalue weighted by Crippen LogP contribution is 2.34. The van der Waals surface area contributed by atoms with Crippen LogP contribution in [0.4, 0.5) is 17.6 Å². The number of rotatable bonds is 4. The van der Waals surface area contributed by atoms with Gasteiger partial charge in [-0.25, -0.2) is 4.79 Å². The molecule has 0 aliphatic heterocycles. The van der Waals surface area contributed by atoms with Gasteiger partial charge in [-0.15, -0.1) is 0 Å². The molecular formula is C5H6F4O3. The van der Waals surface area contributed by atoms with E-state index < -0.39 is 24.4 Å². The molecular weight excluding hydrogens is 184 g/mol. The van der Waals surface area contributed by atoms with Gasteiger partial charge in [0, 0.05) is 7.11 Å². The fourth-order valence-corrected chi connectivity index (χ4v) is 0.428. The Kier molecular flexibility index (Phi) is 3.03. The largest absolute Gasteiger partial charge is 0.477 e. The molecule has 0 fully saturated rings. The van der Waals surface area contributed by atoms with Crippen molar-refractivity contribution in [2.45, 2.75) is 11.8 Å². The van der Waals surface area contributed by atoms with Gasteiger partial charge in [0.05, 0.1) is 0 Å². The number of hydrogen-bond acceptors (Lipinski definition) is 2. The molecule has 0 aromatic heterocycles. The van der Waals surface area contributed by atoms with Crippen molar-refractivity contribution in [3.63, 3.8) is 0 Å². The average Bonchev–Trinajstić information content (AvgIpc) is 1.86. The van der Waals surface area contributed by atoms with E-state index >= 15 is 0 Å². The summed E-state index contributed by atoms with van der Waals surface area (Å²) in [6.45, 7) is -1.63. The molecule has 0 aromatic carbocycles. The van der Waals surface area contributed by atoms with Crippen LogP contribution in [0.25, 0.3) is 0 Å². The highest BCUT2D eigenvalue weighted by atomic mass is 19.3. The van der Waals surface area contributed by atoms with Crippen molar-refractivity contribution in [3.8, 4) is 0 Å². The number of carboxylic acid groups (broad SMARTS) is 1. The number of aliphatic carboxylic acids is 1. The third-order valence-corrected chi connectivity index (χ3v) is 1.05. The summed E-state index contributed by atoms with van der Waals surface area (Å²) in [4.78, 5) is 9.66. The summed E-state index contributed by atoms with van der Waals surface area (Å²) < 4.78 is 52.3. The molecule has 3 nitrogen and oxygen atoms in total. The van der Waals surface area contributed by atoms with Crippen LogP contribution in [0, 0.1) is 0 Å². The Balaban J connectivity index is 4.62. The minimum atomic E-state index is -5.09. The van der Waals surface area contributed by atoms with Gasteiger partial charge in [-0.1, -0.05) is 0 Å². The number of methoxy groups -OCH3 is 1. The zero-order valence-corrected chi connectivity index (χ0v) is 5.98. The first-order chi connectivity index (χ1) is 5.25. The van der Waals surface area contributed by atoms with E-state index in [0.29, 0.717) is 0 Å². The molecule has 0 aromatic rings. The number of carboxylic acids is 1. The predicted octanol–water partition coefficient (Wildman–Crippen LogP) is 0.988. The molecule has 0 unspecified atom stereocenters. The summed E-state index contributed by atoms with van der Waals surface area (Å²) in [5, 5.41) is 7.72. The predicted molar refractivity (Wildman–Crippen MR) is 29.4 cm³/mol. The third kappa shape index (κ3) is 1.84. The van der Waals surface area contributed by atoms with Gasteiger partial charge in [-0.05, 0) is 0 Å². The molecule has 0 heterocycles. The van der Waals surface area contributed by atoms with Crippen LogP contribution in [0.1, 0.15) is 0 Å². The monoisotopic (exact) mass is 190 g/mol. The second kappa shape index (κ2) is 3.26. The Hall–Kier alpha value is -0.850. The number of ether oxygens (including phenoxy) is 1. The maximum atomic E-state index is 12.2. The number of halogens is 4. The Morgan fingerprint density at radius 1 is 1.42 bits per heavy atom. The lowest BCUT2D eigenvalue weighted by Crippen LogP contribution is -2.49. The normalized spacial score (nSPS) is 13.1. The Morgan fingerprint density at radius 3 is 2.08 bits per heavy atom. The van der Waals surface area contributed by atoms with Gasteiger partial charge in [0.1, 0.15) is 6.61 Å². The van der Waals surface area contributed by atoms with Gasteiger partial charge in [-0.2, -0.15) is 17.6 Å². The van der Waals surface area contributed by atoms with Crippen molar-refractivity contribution in [2.24, 2.45) is 0 Å². The molecule has 0 radical (unpaired) electrons. The van der Waals surface area contributed by atoms with Gasteiger partial charge in [0.25, 0.3) is 0 Å². The highest BCUT2D eigenvalue weighted by molar-refractivity contribution is 5.76. The quantitative estimate of drug-likeness (QED) is 0.672. The minimum Gasteiger partial charge on any atom is -0.477 e. The summed E-state index contributed by atoms with van der Waals surface area (Å²) >= 11 is 0. The fourth-order valence-electron chi connectivity index (χ4n) is 0.428. The summed E-state index contributed by atoms with van der Waals surface area (Å²) in [6, 6.07) is 0. The van der Waals surface area contributed by atoms with E-state index in [0.717, 1.165) is 7.11 Å². The zero-order chi connectivity index (χ0) is 9.99. The van der Waals surface area contributed by atoms with Crippen LogP contribution in [-0.2, 0) is 9.53 Å². The standard InChI is InChI=1S/C5H6F4O3/c1-12-2-4(6,7)5(8,9)3(10)11/h2H2,1H3,(H,10,11). The molecule has 0 saturated carbocycles. The lowest BCUT2D eigenvalue weighted by molar-refractivity contribution is -0.236. The van der Waals surface area contributed by atoms with Crippen molar-refractivity contribution in [1.82, 2.24) is 0 Å². The minimum absolute atomic E-state index is 0.770. The van der Waals surface area contributed by atoms with E-state index in [-0.39, 0.29) is 0 Å². The molecule has 0 bridgehead atoms. The van der Waals surface area contributed by atoms with Crippen LogP contribution in [0.3, 0.4) is 0 Å². The number of alkyl halides is 4. The number of carbonyl (C=O) groups is 1. The molecule has 0 spiro atoms. The first-order valence-electron chi connectivity index (χ1n) is 2.73. The highest BCUT2D eigenvalue weighted by Gasteiger charge is 2.62. The van der Waals surface area contributed by atoms with E-state index in [2.05, 4.69) is 4.74 Å². The summed E-state index contributed by atoms with van der Waals surface area (Å²) in [5.41, 5.74) is 0. The van der Waals surface area contributed by atoms with Crippen molar-refractivity contribution >= 4 is 5.97 Å². The van der Waals surface area contributed by atoms with Crippen molar-refractivity contribution < 1.29 is 32.2 Å². The van der Waals surface area contributed by atoms with Gasteiger partial charge < -0.3 is 9.84 Å². The zero-order valence-electron chi connectivity index (χ0n) is 5.98. The van der Waals surface area contributed by atoms with Crippen LogP contribution in [0.15, 0.2) is 0 Å². The fraction of sp³-hybridized carbons (Fsp3) is 0.800. The summed E-state index contributed by atoms with van der Waals surface area (Å²) in [7, 11) is 0.770. The molecule has 0 aliphatic rings. The lowest BCUT2D eigenvalue weighted by atomic mass is 10.2. The first-order valence-corrected chi connectivity index (χ1v) is 2.73. The maximum Gasteiger partial charge on any atom is 0.406 e. The molecule has 7 heteroatoms. The van der Waals surface area contributed by atoms with Crippen LogP contribution in [-0.4, -0.2) is 36.6 Å². The average molecular weight is 190 g/mol. The van der Waals surface area contributed by atoms with Crippen molar-refractivity contribution in [3.05, 3.63) is 0 Å². The van der Waals surface area contributed by atoms with Crippen LogP contribution >= 0.6 is 0 Å². The molecule has 0 aliphatic carbocycles. The summed E-state index contributed by atoms with van der Waals surface area (Å²) in [5.74, 6) is -12.7. The molecule has 0 atom stereocenters. The Morgan fingerprint density at radius 2 is 1.83 bits per heavy atom. The van der Waals surface area contributed by atoms with E-state index in [1.165, 1.54) is 0 Å². The van der Waals surface area contributed by atoms with E-state index in [1.807, 2.05) is 0 Å². The number of hydrogen-bond donors (Lipinski definition) is 1. The molecule has 0 rings (SSSR count). The van der Waals surface area contributed by atoms with E-state index in [9.17, 15) is 22.4 Å². The third-order valence-electron chi connectivity index (χ3n) is 1.05. The Labute approximate surface area is 64.9 Å². The van der Waals surface area contributed by atoms with E-state index in [1.54, 1.807) is 0 Å². The van der Waals surface area contributed by atoms with Gasteiger partial charge >= 0.3 is 17.8 Å².